The van der Waals surface area contributed by atoms with Crippen molar-refractivity contribution >= 4 is 11.9 Å². The molecule has 0 aliphatic carbocycles. The van der Waals surface area contributed by atoms with Gasteiger partial charge in [-0.2, -0.15) is 0 Å². The largest absolute Gasteiger partial charge is 0.539 e. The van der Waals surface area contributed by atoms with Gasteiger partial charge in [-0.1, -0.05) is 12.1 Å². The fraction of sp³-hybridized carbons (Fsp3) is 0.600. The Bertz CT molecular complexity index is 642. The first-order chi connectivity index (χ1) is 13.2. The van der Waals surface area contributed by atoms with E-state index in [0.717, 1.165) is 44.3 Å². The Morgan fingerprint density at radius 1 is 1.25 bits per heavy atom. The lowest BCUT2D eigenvalue weighted by atomic mass is 10.0. The standard InChI is InChI=1S/C18H27FN2O.C2H2O4/c1-14-11-21(12-15(2)22-14)18-6-8-20(9-7-18)13-16-4-3-5-17(19)10-16;3-1(4)2(5)6/h3-5,10,14-15,18H,6-9,11-13H2,1-2H3;(H,3,4)(H,5,6). The van der Waals surface area contributed by atoms with Gasteiger partial charge in [0, 0.05) is 32.5 Å². The highest BCUT2D eigenvalue weighted by molar-refractivity contribution is 6.26. The Kier molecular flexibility index (Phi) is 8.35. The monoisotopic (exact) mass is 396 g/mol. The van der Waals surface area contributed by atoms with E-state index in [4.69, 9.17) is 24.5 Å². The van der Waals surface area contributed by atoms with Crippen molar-refractivity contribution in [1.82, 2.24) is 4.90 Å². The molecule has 0 bridgehead atoms. The van der Waals surface area contributed by atoms with Crippen molar-refractivity contribution in [1.29, 1.82) is 0 Å². The molecule has 0 spiro atoms. The summed E-state index contributed by atoms with van der Waals surface area (Å²) in [6.07, 6.45) is 3.24. The topological polar surface area (TPSA) is 94.3 Å². The number of hydrogen-bond donors (Lipinski definition) is 2. The predicted molar refractivity (Wildman–Crippen MR) is 98.0 cm³/mol. The number of benzene rings is 1. The first kappa shape index (κ1) is 22.3. The van der Waals surface area contributed by atoms with Crippen molar-refractivity contribution in [2.75, 3.05) is 26.2 Å². The van der Waals surface area contributed by atoms with Crippen LogP contribution in [-0.4, -0.2) is 66.4 Å². The second-order valence-electron chi connectivity index (χ2n) is 7.60. The van der Waals surface area contributed by atoms with Crippen LogP contribution < -0.4 is 10.0 Å². The summed E-state index contributed by atoms with van der Waals surface area (Å²) in [6.45, 7) is 9.76. The molecule has 2 aliphatic rings. The van der Waals surface area contributed by atoms with Gasteiger partial charge in [-0.15, -0.1) is 0 Å². The van der Waals surface area contributed by atoms with Crippen LogP contribution in [0.1, 0.15) is 32.3 Å². The minimum absolute atomic E-state index is 0.131. The minimum Gasteiger partial charge on any atom is -0.539 e. The maximum absolute atomic E-state index is 13.3. The number of carboxylic acids is 2. The van der Waals surface area contributed by atoms with Gasteiger partial charge in [0.2, 0.25) is 0 Å². The summed E-state index contributed by atoms with van der Waals surface area (Å²) < 4.78 is 19.1. The number of ether oxygens (including phenoxy) is 1. The summed E-state index contributed by atoms with van der Waals surface area (Å²) in [7, 11) is 0. The van der Waals surface area contributed by atoms with Crippen molar-refractivity contribution in [3.63, 3.8) is 0 Å². The van der Waals surface area contributed by atoms with Crippen LogP contribution in [0.15, 0.2) is 24.3 Å². The van der Waals surface area contributed by atoms with Gasteiger partial charge >= 0.3 is 5.97 Å². The van der Waals surface area contributed by atoms with E-state index in [1.807, 2.05) is 6.07 Å². The Hall–Kier alpha value is -2.03. The normalized spacial score (nSPS) is 26.2. The predicted octanol–water partition coefficient (Wildman–Crippen LogP) is -0.697. The number of carboxylic acid groups (broad SMARTS) is 2. The third kappa shape index (κ3) is 7.18. The molecule has 2 saturated heterocycles. The van der Waals surface area contributed by atoms with Gasteiger partial charge in [-0.3, -0.25) is 4.90 Å². The molecular weight excluding hydrogens is 367 g/mol. The summed E-state index contributed by atoms with van der Waals surface area (Å²) >= 11 is 0. The van der Waals surface area contributed by atoms with Crippen molar-refractivity contribution in [2.45, 2.75) is 51.5 Å². The lowest BCUT2D eigenvalue weighted by Gasteiger charge is -2.41. The second kappa shape index (κ2) is 10.5. The maximum atomic E-state index is 13.3. The Morgan fingerprint density at radius 3 is 2.32 bits per heavy atom. The lowest BCUT2D eigenvalue weighted by Crippen LogP contribution is -3.19. The molecule has 2 fully saturated rings. The van der Waals surface area contributed by atoms with Crippen LogP contribution >= 0.6 is 0 Å². The molecule has 2 aliphatic heterocycles. The number of likely N-dealkylation sites (tertiary alicyclic amines) is 1. The molecule has 3 rings (SSSR count). The van der Waals surface area contributed by atoms with E-state index >= 15 is 0 Å². The molecule has 8 heteroatoms. The summed E-state index contributed by atoms with van der Waals surface area (Å²) in [5.74, 6) is -4.14. The lowest BCUT2D eigenvalue weighted by molar-refractivity contribution is -0.940. The summed E-state index contributed by atoms with van der Waals surface area (Å²) in [6, 6.07) is 7.75. The average molecular weight is 396 g/mol. The van der Waals surface area contributed by atoms with Crippen LogP contribution in [0, 0.1) is 5.82 Å². The van der Waals surface area contributed by atoms with Crippen molar-refractivity contribution in [2.24, 2.45) is 0 Å². The van der Waals surface area contributed by atoms with E-state index in [2.05, 4.69) is 18.7 Å². The minimum atomic E-state index is -2.07. The molecule has 2 heterocycles. The highest BCUT2D eigenvalue weighted by atomic mass is 19.1. The van der Waals surface area contributed by atoms with Gasteiger partial charge in [-0.25, -0.2) is 9.18 Å². The molecule has 2 unspecified atom stereocenters. The van der Waals surface area contributed by atoms with E-state index in [1.54, 1.807) is 17.0 Å². The van der Waals surface area contributed by atoms with Gasteiger partial charge in [0.25, 0.3) is 0 Å². The van der Waals surface area contributed by atoms with Crippen LogP contribution in [0.3, 0.4) is 0 Å². The number of halogens is 1. The third-order valence-corrected chi connectivity index (χ3v) is 5.20. The van der Waals surface area contributed by atoms with E-state index in [9.17, 15) is 4.39 Å². The Balaban J connectivity index is 0.000000409. The molecule has 0 radical (unpaired) electrons. The second-order valence-corrected chi connectivity index (χ2v) is 7.60. The van der Waals surface area contributed by atoms with Crippen LogP contribution in [0.25, 0.3) is 0 Å². The molecule has 0 amide bonds. The molecule has 2 N–H and O–H groups in total. The number of nitrogens with one attached hydrogen (secondary N) is 1. The van der Waals surface area contributed by atoms with Gasteiger partial charge < -0.3 is 24.6 Å². The van der Waals surface area contributed by atoms with Crippen LogP contribution in [0.4, 0.5) is 4.39 Å². The van der Waals surface area contributed by atoms with Gasteiger partial charge in [0.1, 0.15) is 31.1 Å². The average Bonchev–Trinajstić information content (AvgIpc) is 2.62. The number of rotatable bonds is 3. The summed E-state index contributed by atoms with van der Waals surface area (Å²) in [5.41, 5.74) is 1.08. The van der Waals surface area contributed by atoms with E-state index in [-0.39, 0.29) is 5.82 Å². The summed E-state index contributed by atoms with van der Waals surface area (Å²) in [4.78, 5) is 22.2. The van der Waals surface area contributed by atoms with Crippen LogP contribution in [0.2, 0.25) is 0 Å². The van der Waals surface area contributed by atoms with Crippen LogP contribution in [0.5, 0.6) is 0 Å². The molecule has 156 valence electrons. The maximum Gasteiger partial charge on any atom is 0.351 e. The SMILES string of the molecule is CC1C[NH+](C2CCN(Cc3cccc(F)c3)CC2)CC(C)O1.O=C([O-])C(=O)O. The van der Waals surface area contributed by atoms with E-state index < -0.39 is 11.9 Å². The fourth-order valence-electron chi connectivity index (χ4n) is 4.04. The van der Waals surface area contributed by atoms with Crippen LogP contribution in [-0.2, 0) is 20.9 Å². The third-order valence-electron chi connectivity index (χ3n) is 5.20. The van der Waals surface area contributed by atoms with Crippen molar-refractivity contribution in [3.05, 3.63) is 35.6 Å². The number of aliphatic carboxylic acids is 2. The number of piperidine rings is 1. The zero-order chi connectivity index (χ0) is 20.7. The Labute approximate surface area is 164 Å². The Morgan fingerprint density at radius 2 is 1.82 bits per heavy atom. The molecule has 1 aromatic carbocycles. The van der Waals surface area contributed by atoms with Gasteiger partial charge in [0.15, 0.2) is 5.97 Å². The summed E-state index contributed by atoms with van der Waals surface area (Å²) in [5, 5.41) is 16.3. The quantitative estimate of drug-likeness (QED) is 0.657. The van der Waals surface area contributed by atoms with Gasteiger partial charge in [0.05, 0.1) is 6.04 Å². The number of nitrogens with zero attached hydrogens (tertiary/aromatic N) is 1. The first-order valence-electron chi connectivity index (χ1n) is 9.65. The highest BCUT2D eigenvalue weighted by Gasteiger charge is 2.33. The van der Waals surface area contributed by atoms with Crippen molar-refractivity contribution in [3.8, 4) is 0 Å². The smallest absolute Gasteiger partial charge is 0.351 e. The number of quaternary nitrogens is 1. The van der Waals surface area contributed by atoms with Gasteiger partial charge in [-0.05, 0) is 31.5 Å². The molecule has 7 nitrogen and oxygen atoms in total. The number of carbonyl (C=O) groups is 2. The van der Waals surface area contributed by atoms with E-state index in [1.165, 1.54) is 18.9 Å². The van der Waals surface area contributed by atoms with E-state index in [0.29, 0.717) is 12.2 Å². The molecule has 28 heavy (non-hydrogen) atoms. The molecule has 0 saturated carbocycles. The highest BCUT2D eigenvalue weighted by Crippen LogP contribution is 2.14. The molecular formula is C20H29FN2O5. The zero-order valence-corrected chi connectivity index (χ0v) is 16.4. The molecule has 2 atom stereocenters. The molecule has 1 aromatic rings. The fourth-order valence-corrected chi connectivity index (χ4v) is 4.04. The van der Waals surface area contributed by atoms with Crippen molar-refractivity contribution < 1.29 is 33.8 Å². The number of hydrogen-bond acceptors (Lipinski definition) is 5. The number of carbonyl (C=O) groups excluding carboxylic acids is 1. The molecule has 0 aromatic heterocycles. The number of morpholine rings is 1. The first-order valence-corrected chi connectivity index (χ1v) is 9.65. The zero-order valence-electron chi connectivity index (χ0n) is 16.4.